The normalized spacial score (nSPS) is 19.2. The molecule has 0 aliphatic carbocycles. The van der Waals surface area contributed by atoms with Gasteiger partial charge in [0.2, 0.25) is 5.91 Å². The number of nitrogens with one attached hydrogen (secondary N) is 2. The van der Waals surface area contributed by atoms with Gasteiger partial charge in [0.25, 0.3) is 0 Å². The third-order valence-corrected chi connectivity index (χ3v) is 4.73. The first-order chi connectivity index (χ1) is 12.7. The van der Waals surface area contributed by atoms with Gasteiger partial charge in [0.05, 0.1) is 6.54 Å². The number of carbonyl (C=O) groups excluding carboxylic acids is 2. The number of nitrogens with zero attached hydrogens (tertiary/aromatic N) is 1. The number of carbonyl (C=O) groups is 2. The highest BCUT2D eigenvalue weighted by Crippen LogP contribution is 2.37. The molecule has 7 nitrogen and oxygen atoms in total. The second kappa shape index (κ2) is 8.89. The van der Waals surface area contributed by atoms with Gasteiger partial charge < -0.3 is 14.8 Å². The van der Waals surface area contributed by atoms with Crippen LogP contribution < -0.4 is 20.1 Å². The highest BCUT2D eigenvalue weighted by Gasteiger charge is 2.29. The van der Waals surface area contributed by atoms with Crippen LogP contribution in [0.25, 0.3) is 0 Å². The first kappa shape index (κ1) is 18.5. The summed E-state index contributed by atoms with van der Waals surface area (Å²) in [7, 11) is 0. The van der Waals surface area contributed by atoms with Gasteiger partial charge in [-0.2, -0.15) is 0 Å². The molecular formula is C19H27N3O4. The van der Waals surface area contributed by atoms with E-state index in [-0.39, 0.29) is 18.5 Å². The number of rotatable bonds is 6. The van der Waals surface area contributed by atoms with Crippen LogP contribution in [0.1, 0.15) is 44.2 Å². The van der Waals surface area contributed by atoms with E-state index in [4.69, 9.17) is 9.47 Å². The molecule has 0 aromatic heterocycles. The Labute approximate surface area is 154 Å². The van der Waals surface area contributed by atoms with Crippen molar-refractivity contribution in [2.75, 3.05) is 32.8 Å². The maximum Gasteiger partial charge on any atom is 0.321 e. The predicted molar refractivity (Wildman–Crippen MR) is 97.4 cm³/mol. The summed E-state index contributed by atoms with van der Waals surface area (Å²) in [5, 5.41) is 5.11. The lowest BCUT2D eigenvalue weighted by molar-refractivity contribution is -0.121. The molecule has 7 heteroatoms. The average Bonchev–Trinajstić information content (AvgIpc) is 3.09. The van der Waals surface area contributed by atoms with Crippen LogP contribution in [0.4, 0.5) is 4.79 Å². The van der Waals surface area contributed by atoms with E-state index in [1.54, 1.807) is 0 Å². The third kappa shape index (κ3) is 4.66. The second-order valence-electron chi connectivity index (χ2n) is 6.69. The minimum atomic E-state index is -0.418. The largest absolute Gasteiger partial charge is 0.486 e. The lowest BCUT2D eigenvalue weighted by atomic mass is 10.0. The Kier molecular flexibility index (Phi) is 6.33. The van der Waals surface area contributed by atoms with E-state index in [9.17, 15) is 9.59 Å². The molecule has 2 heterocycles. The van der Waals surface area contributed by atoms with Crippen LogP contribution in [0, 0.1) is 0 Å². The summed E-state index contributed by atoms with van der Waals surface area (Å²) in [5.41, 5.74) is 1.12. The van der Waals surface area contributed by atoms with Gasteiger partial charge in [-0.25, -0.2) is 4.79 Å². The molecule has 0 radical (unpaired) electrons. The Morgan fingerprint density at radius 3 is 2.85 bits per heavy atom. The van der Waals surface area contributed by atoms with Crippen LogP contribution >= 0.6 is 0 Å². The number of fused-ring (bicyclic) bond motifs is 1. The van der Waals surface area contributed by atoms with Crippen LogP contribution in [-0.2, 0) is 4.79 Å². The maximum atomic E-state index is 12.2. The first-order valence-electron chi connectivity index (χ1n) is 9.38. The van der Waals surface area contributed by atoms with Gasteiger partial charge >= 0.3 is 6.03 Å². The summed E-state index contributed by atoms with van der Waals surface area (Å²) < 4.78 is 11.2. The number of ether oxygens (including phenoxy) is 2. The molecule has 0 unspecified atom stereocenters. The third-order valence-electron chi connectivity index (χ3n) is 4.73. The molecule has 1 fully saturated rings. The van der Waals surface area contributed by atoms with Gasteiger partial charge in [0.15, 0.2) is 11.5 Å². The molecule has 142 valence electrons. The van der Waals surface area contributed by atoms with E-state index in [2.05, 4.69) is 22.5 Å². The molecule has 2 aliphatic heterocycles. The molecule has 1 aromatic carbocycles. The van der Waals surface area contributed by atoms with Gasteiger partial charge in [0, 0.05) is 12.6 Å². The maximum absolute atomic E-state index is 12.2. The van der Waals surface area contributed by atoms with Gasteiger partial charge in [-0.1, -0.05) is 19.4 Å². The number of hydrogen-bond donors (Lipinski definition) is 2. The Hall–Kier alpha value is -2.28. The van der Waals surface area contributed by atoms with Gasteiger partial charge in [0.1, 0.15) is 13.2 Å². The summed E-state index contributed by atoms with van der Waals surface area (Å²) in [4.78, 5) is 26.0. The van der Waals surface area contributed by atoms with Crippen LogP contribution in [-0.4, -0.2) is 49.7 Å². The zero-order valence-corrected chi connectivity index (χ0v) is 15.3. The Balaban J connectivity index is 1.56. The molecule has 1 saturated heterocycles. The van der Waals surface area contributed by atoms with Gasteiger partial charge in [-0.15, -0.1) is 0 Å². The fourth-order valence-corrected chi connectivity index (χ4v) is 3.43. The summed E-state index contributed by atoms with van der Waals surface area (Å²) >= 11 is 0. The predicted octanol–water partition coefficient (Wildman–Crippen LogP) is 2.22. The summed E-state index contributed by atoms with van der Waals surface area (Å²) in [5.74, 6) is 1.26. The van der Waals surface area contributed by atoms with E-state index in [0.29, 0.717) is 19.8 Å². The standard InChI is InChI=1S/C19H27N3O4/c1-2-3-8-20-19(24)21-18(23)13-22-9-4-5-15(22)14-6-7-16-17(12-14)26-11-10-25-16/h6-7,12,15H,2-5,8-11,13H2,1H3,(H2,20,21,23,24)/t15-/m0/s1. The topological polar surface area (TPSA) is 79.9 Å². The van der Waals surface area contributed by atoms with Crippen molar-refractivity contribution < 1.29 is 19.1 Å². The number of hydrogen-bond acceptors (Lipinski definition) is 5. The summed E-state index contributed by atoms with van der Waals surface area (Å²) in [6.07, 6.45) is 3.91. The molecule has 1 aromatic rings. The van der Waals surface area contributed by atoms with Crippen molar-refractivity contribution in [3.63, 3.8) is 0 Å². The number of imide groups is 1. The highest BCUT2D eigenvalue weighted by atomic mass is 16.6. The SMILES string of the molecule is CCCCNC(=O)NC(=O)CN1CCC[C@H]1c1ccc2c(c1)OCCO2. The van der Waals surface area contributed by atoms with Crippen LogP contribution in [0.15, 0.2) is 18.2 Å². The number of unbranched alkanes of at least 4 members (excludes halogenated alkanes) is 1. The summed E-state index contributed by atoms with van der Waals surface area (Å²) in [6.45, 7) is 4.81. The van der Waals surface area contributed by atoms with E-state index >= 15 is 0 Å². The van der Waals surface area contributed by atoms with E-state index in [1.165, 1.54) is 0 Å². The van der Waals surface area contributed by atoms with Crippen molar-refractivity contribution in [2.24, 2.45) is 0 Å². The molecule has 2 N–H and O–H groups in total. The second-order valence-corrected chi connectivity index (χ2v) is 6.69. The van der Waals surface area contributed by atoms with Crippen molar-refractivity contribution in [1.82, 2.24) is 15.5 Å². The monoisotopic (exact) mass is 361 g/mol. The molecular weight excluding hydrogens is 334 g/mol. The van der Waals surface area contributed by atoms with Crippen molar-refractivity contribution in [2.45, 2.75) is 38.6 Å². The minimum absolute atomic E-state index is 0.153. The quantitative estimate of drug-likeness (QED) is 0.760. The molecule has 0 spiro atoms. The van der Waals surface area contributed by atoms with Gasteiger partial charge in [-0.05, 0) is 43.5 Å². The van der Waals surface area contributed by atoms with E-state index < -0.39 is 6.03 Å². The molecule has 1 atom stereocenters. The van der Waals surface area contributed by atoms with Crippen LogP contribution in [0.2, 0.25) is 0 Å². The van der Waals surface area contributed by atoms with E-state index in [1.807, 2.05) is 18.2 Å². The van der Waals surface area contributed by atoms with Crippen LogP contribution in [0.5, 0.6) is 11.5 Å². The zero-order valence-electron chi connectivity index (χ0n) is 15.3. The molecule has 0 bridgehead atoms. The number of likely N-dealkylation sites (tertiary alicyclic amines) is 1. The number of benzene rings is 1. The lowest BCUT2D eigenvalue weighted by Crippen LogP contribution is -2.44. The Bertz CT molecular complexity index is 650. The molecule has 0 saturated carbocycles. The van der Waals surface area contributed by atoms with Gasteiger partial charge in [-0.3, -0.25) is 15.0 Å². The fraction of sp³-hybridized carbons (Fsp3) is 0.579. The molecule has 2 aliphatic rings. The lowest BCUT2D eigenvalue weighted by Gasteiger charge is -2.26. The summed E-state index contributed by atoms with van der Waals surface area (Å²) in [6, 6.07) is 5.71. The number of urea groups is 1. The first-order valence-corrected chi connectivity index (χ1v) is 9.38. The average molecular weight is 361 g/mol. The smallest absolute Gasteiger partial charge is 0.321 e. The highest BCUT2D eigenvalue weighted by molar-refractivity contribution is 5.95. The molecule has 3 rings (SSSR count). The molecule has 26 heavy (non-hydrogen) atoms. The minimum Gasteiger partial charge on any atom is -0.486 e. The fourth-order valence-electron chi connectivity index (χ4n) is 3.43. The Morgan fingerprint density at radius 2 is 2.04 bits per heavy atom. The molecule has 3 amide bonds. The van der Waals surface area contributed by atoms with Crippen molar-refractivity contribution in [3.8, 4) is 11.5 Å². The van der Waals surface area contributed by atoms with Crippen molar-refractivity contribution >= 4 is 11.9 Å². The van der Waals surface area contributed by atoms with Crippen LogP contribution in [0.3, 0.4) is 0 Å². The van der Waals surface area contributed by atoms with Crippen molar-refractivity contribution in [1.29, 1.82) is 0 Å². The van der Waals surface area contributed by atoms with Crippen molar-refractivity contribution in [3.05, 3.63) is 23.8 Å². The Morgan fingerprint density at radius 1 is 1.23 bits per heavy atom. The number of amides is 3. The zero-order chi connectivity index (χ0) is 18.4. The van der Waals surface area contributed by atoms with E-state index in [0.717, 1.165) is 49.3 Å².